The standard InChI is InChI=1S/C19H31N3O/c1-5-7-8-10-15(9-6-2)22-19(21)18-13-16(23-4)11-12-17(18)14(3)20/h11-13,15,20H,5-10H2,1-4H3,(H2,21,22). The SMILES string of the molecule is CCCCCC(CCC)N=C(N)c1cc(OC)ccc1C(C)=N. The first-order chi connectivity index (χ1) is 11.0. The number of rotatable bonds is 10. The third kappa shape index (κ3) is 6.05. The lowest BCUT2D eigenvalue weighted by molar-refractivity contribution is 0.414. The number of benzene rings is 1. The van der Waals surface area contributed by atoms with E-state index in [2.05, 4.69) is 13.8 Å². The third-order valence-electron chi connectivity index (χ3n) is 3.99. The van der Waals surface area contributed by atoms with Crippen LogP contribution in [0.2, 0.25) is 0 Å². The predicted molar refractivity (Wildman–Crippen MR) is 99.1 cm³/mol. The first kappa shape index (κ1) is 19.2. The van der Waals surface area contributed by atoms with Crippen LogP contribution in [0.1, 0.15) is 70.4 Å². The smallest absolute Gasteiger partial charge is 0.126 e. The molecule has 0 aliphatic heterocycles. The second-order valence-corrected chi connectivity index (χ2v) is 5.99. The number of hydrogen-bond acceptors (Lipinski definition) is 3. The number of amidine groups is 1. The zero-order chi connectivity index (χ0) is 17.2. The van der Waals surface area contributed by atoms with Crippen LogP contribution in [0.15, 0.2) is 23.2 Å². The van der Waals surface area contributed by atoms with E-state index in [0.717, 1.165) is 36.1 Å². The molecule has 0 aromatic heterocycles. The van der Waals surface area contributed by atoms with Crippen molar-refractivity contribution in [3.8, 4) is 5.75 Å². The molecule has 1 unspecified atom stereocenters. The summed E-state index contributed by atoms with van der Waals surface area (Å²) in [7, 11) is 1.63. The van der Waals surface area contributed by atoms with E-state index in [4.69, 9.17) is 20.9 Å². The van der Waals surface area contributed by atoms with Gasteiger partial charge in [-0.3, -0.25) is 4.99 Å². The predicted octanol–water partition coefficient (Wildman–Crippen LogP) is 4.54. The van der Waals surface area contributed by atoms with Crippen molar-refractivity contribution < 1.29 is 4.74 Å². The Labute approximate surface area is 140 Å². The summed E-state index contributed by atoms with van der Waals surface area (Å²) in [4.78, 5) is 4.77. The highest BCUT2D eigenvalue weighted by molar-refractivity contribution is 6.09. The molecule has 0 heterocycles. The van der Waals surface area contributed by atoms with Crippen LogP contribution in [-0.2, 0) is 0 Å². The lowest BCUT2D eigenvalue weighted by Crippen LogP contribution is -2.21. The van der Waals surface area contributed by atoms with Gasteiger partial charge in [0.2, 0.25) is 0 Å². The average Bonchev–Trinajstić information content (AvgIpc) is 2.54. The maximum atomic E-state index is 7.95. The highest BCUT2D eigenvalue weighted by atomic mass is 16.5. The van der Waals surface area contributed by atoms with Crippen LogP contribution in [0.25, 0.3) is 0 Å². The molecular formula is C19H31N3O. The minimum absolute atomic E-state index is 0.261. The number of nitrogens with two attached hydrogens (primary N) is 1. The highest BCUT2D eigenvalue weighted by Crippen LogP contribution is 2.20. The van der Waals surface area contributed by atoms with Gasteiger partial charge >= 0.3 is 0 Å². The molecule has 0 spiro atoms. The second-order valence-electron chi connectivity index (χ2n) is 5.99. The number of aliphatic imine (C=N–C) groups is 1. The summed E-state index contributed by atoms with van der Waals surface area (Å²) in [6, 6.07) is 5.87. The Morgan fingerprint density at radius 1 is 1.17 bits per heavy atom. The summed E-state index contributed by atoms with van der Waals surface area (Å²) in [6.07, 6.45) is 6.86. The third-order valence-corrected chi connectivity index (χ3v) is 3.99. The van der Waals surface area contributed by atoms with E-state index < -0.39 is 0 Å². The van der Waals surface area contributed by atoms with E-state index in [1.807, 2.05) is 18.2 Å². The van der Waals surface area contributed by atoms with E-state index in [0.29, 0.717) is 11.5 Å². The van der Waals surface area contributed by atoms with Gasteiger partial charge in [0.25, 0.3) is 0 Å². The minimum atomic E-state index is 0.261. The molecule has 0 aliphatic rings. The number of ether oxygens (including phenoxy) is 1. The second kappa shape index (κ2) is 10.0. The number of hydrogen-bond donors (Lipinski definition) is 2. The van der Waals surface area contributed by atoms with Gasteiger partial charge < -0.3 is 15.9 Å². The van der Waals surface area contributed by atoms with Gasteiger partial charge in [-0.15, -0.1) is 0 Å². The van der Waals surface area contributed by atoms with E-state index in [9.17, 15) is 0 Å². The van der Waals surface area contributed by atoms with Crippen molar-refractivity contribution >= 4 is 11.5 Å². The van der Waals surface area contributed by atoms with Gasteiger partial charge in [-0.25, -0.2) is 0 Å². The Bertz CT molecular complexity index is 537. The molecule has 0 aliphatic carbocycles. The van der Waals surface area contributed by atoms with E-state index >= 15 is 0 Å². The summed E-state index contributed by atoms with van der Waals surface area (Å²) in [5.41, 5.74) is 8.39. The minimum Gasteiger partial charge on any atom is -0.497 e. The van der Waals surface area contributed by atoms with Gasteiger partial charge in [-0.2, -0.15) is 0 Å². The molecule has 0 amide bonds. The molecule has 3 N–H and O–H groups in total. The quantitative estimate of drug-likeness (QED) is 0.378. The molecule has 0 saturated heterocycles. The van der Waals surface area contributed by atoms with Gasteiger partial charge in [0.05, 0.1) is 13.2 Å². The average molecular weight is 317 g/mol. The molecule has 1 aromatic carbocycles. The Morgan fingerprint density at radius 2 is 1.91 bits per heavy atom. The lowest BCUT2D eigenvalue weighted by atomic mass is 10.0. The van der Waals surface area contributed by atoms with Crippen LogP contribution < -0.4 is 10.5 Å². The Morgan fingerprint density at radius 3 is 2.48 bits per heavy atom. The van der Waals surface area contributed by atoms with Crippen molar-refractivity contribution in [1.82, 2.24) is 0 Å². The molecule has 1 rings (SSSR count). The molecular weight excluding hydrogens is 286 g/mol. The highest BCUT2D eigenvalue weighted by Gasteiger charge is 2.13. The van der Waals surface area contributed by atoms with Gasteiger partial charge in [-0.1, -0.05) is 39.5 Å². The van der Waals surface area contributed by atoms with E-state index in [1.54, 1.807) is 14.0 Å². The molecule has 0 bridgehead atoms. The summed E-state index contributed by atoms with van der Waals surface area (Å²) < 4.78 is 5.29. The maximum Gasteiger partial charge on any atom is 0.126 e. The number of nitrogens with zero attached hydrogens (tertiary/aromatic N) is 1. The summed E-state index contributed by atoms with van der Waals surface area (Å²) >= 11 is 0. The normalized spacial score (nSPS) is 13.0. The van der Waals surface area contributed by atoms with Gasteiger partial charge in [0.15, 0.2) is 0 Å². The van der Waals surface area contributed by atoms with Crippen molar-refractivity contribution in [1.29, 1.82) is 5.41 Å². The molecule has 4 nitrogen and oxygen atoms in total. The Hall–Kier alpha value is -1.84. The van der Waals surface area contributed by atoms with Crippen LogP contribution in [0.4, 0.5) is 0 Å². The van der Waals surface area contributed by atoms with Gasteiger partial charge in [0.1, 0.15) is 11.6 Å². The molecule has 1 aromatic rings. The molecule has 4 heteroatoms. The van der Waals surface area contributed by atoms with E-state index in [1.165, 1.54) is 19.3 Å². The van der Waals surface area contributed by atoms with Gasteiger partial charge in [0, 0.05) is 16.8 Å². The topological polar surface area (TPSA) is 71.5 Å². The zero-order valence-electron chi connectivity index (χ0n) is 15.0. The van der Waals surface area contributed by atoms with Crippen molar-refractivity contribution in [2.24, 2.45) is 10.7 Å². The van der Waals surface area contributed by atoms with Crippen LogP contribution in [0, 0.1) is 5.41 Å². The molecule has 0 radical (unpaired) electrons. The summed E-state index contributed by atoms with van der Waals surface area (Å²) in [6.45, 7) is 6.16. The first-order valence-electron chi connectivity index (χ1n) is 8.60. The fourth-order valence-electron chi connectivity index (χ4n) is 2.69. The van der Waals surface area contributed by atoms with Crippen LogP contribution in [-0.4, -0.2) is 24.7 Å². The number of unbranched alkanes of at least 4 members (excludes halogenated alkanes) is 2. The van der Waals surface area contributed by atoms with Crippen LogP contribution in [0.5, 0.6) is 5.75 Å². The molecule has 128 valence electrons. The Kier molecular flexibility index (Phi) is 8.38. The van der Waals surface area contributed by atoms with Crippen LogP contribution >= 0.6 is 0 Å². The summed E-state index contributed by atoms with van der Waals surface area (Å²) in [5, 5.41) is 7.95. The Balaban J connectivity index is 3.07. The lowest BCUT2D eigenvalue weighted by Gasteiger charge is -2.15. The molecule has 1 atom stereocenters. The van der Waals surface area contributed by atoms with Crippen molar-refractivity contribution in [3.63, 3.8) is 0 Å². The fraction of sp³-hybridized carbons (Fsp3) is 0.579. The molecule has 23 heavy (non-hydrogen) atoms. The monoisotopic (exact) mass is 317 g/mol. The largest absolute Gasteiger partial charge is 0.497 e. The fourth-order valence-corrected chi connectivity index (χ4v) is 2.69. The van der Waals surface area contributed by atoms with Gasteiger partial charge in [-0.05, 0) is 38.0 Å². The molecule has 0 saturated carbocycles. The molecule has 0 fully saturated rings. The van der Waals surface area contributed by atoms with Crippen molar-refractivity contribution in [2.45, 2.75) is 65.3 Å². The summed E-state index contributed by atoms with van der Waals surface area (Å²) in [5.74, 6) is 1.25. The first-order valence-corrected chi connectivity index (χ1v) is 8.60. The maximum absolute atomic E-state index is 7.95. The van der Waals surface area contributed by atoms with E-state index in [-0.39, 0.29) is 6.04 Å². The number of nitrogens with one attached hydrogen (secondary N) is 1. The van der Waals surface area contributed by atoms with Crippen molar-refractivity contribution in [3.05, 3.63) is 29.3 Å². The zero-order valence-corrected chi connectivity index (χ0v) is 15.0. The van der Waals surface area contributed by atoms with Crippen molar-refractivity contribution in [2.75, 3.05) is 7.11 Å². The van der Waals surface area contributed by atoms with Crippen LogP contribution in [0.3, 0.4) is 0 Å². The number of methoxy groups -OCH3 is 1.